The third-order valence-corrected chi connectivity index (χ3v) is 2.92. The van der Waals surface area contributed by atoms with E-state index in [1.54, 1.807) is 0 Å². The highest BCUT2D eigenvalue weighted by atomic mass is 35.7. The second-order valence-corrected chi connectivity index (χ2v) is 6.84. The molecule has 152 valence electrons. The maximum Gasteiger partial charge on any atom is 0.318 e. The van der Waals surface area contributed by atoms with Crippen molar-refractivity contribution in [2.24, 2.45) is 5.92 Å². The molecule has 10 nitrogen and oxygen atoms in total. The third-order valence-electron chi connectivity index (χ3n) is 2.92. The van der Waals surface area contributed by atoms with Gasteiger partial charge in [-0.1, -0.05) is 0 Å². The second-order valence-electron chi connectivity index (χ2n) is 6.08. The first kappa shape index (κ1) is 26.7. The standard InChI is InChI=1S/C15H28N3O3.ClHO4/c1-11(19)13(15(20)21-8)14(18(6)7)12(9-16(2)3)10-17(4)5;2-1(3,4)5/h9-10,13-14H,1-8H3;(H,2,3,4,5)/q+1;/p-1. The molecule has 0 radical (unpaired) electrons. The Morgan fingerprint density at radius 2 is 1.50 bits per heavy atom. The monoisotopic (exact) mass is 397 g/mol. The van der Waals surface area contributed by atoms with Gasteiger partial charge in [-0.05, 0) is 21.0 Å². The van der Waals surface area contributed by atoms with Gasteiger partial charge in [0.25, 0.3) is 0 Å². The topological polar surface area (TPSA) is 145 Å². The fourth-order valence-electron chi connectivity index (χ4n) is 2.22. The molecule has 2 atom stereocenters. The Kier molecular flexibility index (Phi) is 12.2. The lowest BCUT2D eigenvalue weighted by Crippen LogP contribution is -2.68. The van der Waals surface area contributed by atoms with Gasteiger partial charge in [0.05, 0.1) is 13.2 Å². The van der Waals surface area contributed by atoms with Crippen LogP contribution in [0.3, 0.4) is 0 Å². The summed E-state index contributed by atoms with van der Waals surface area (Å²) in [6.45, 7) is 1.42. The van der Waals surface area contributed by atoms with E-state index in [-0.39, 0.29) is 11.8 Å². The summed E-state index contributed by atoms with van der Waals surface area (Å²) < 4.78 is 40.7. The number of carbonyl (C=O) groups excluding carboxylic acids is 2. The predicted octanol–water partition coefficient (Wildman–Crippen LogP) is -4.67. The van der Waals surface area contributed by atoms with Crippen molar-refractivity contribution in [1.82, 2.24) is 9.80 Å². The average Bonchev–Trinajstić information content (AvgIpc) is 2.39. The van der Waals surface area contributed by atoms with Gasteiger partial charge in [-0.2, -0.15) is 0 Å². The van der Waals surface area contributed by atoms with Crippen LogP contribution in [-0.4, -0.2) is 87.8 Å². The second kappa shape index (κ2) is 11.9. The quantitative estimate of drug-likeness (QED) is 0.179. The van der Waals surface area contributed by atoms with Gasteiger partial charge in [0, 0.05) is 25.9 Å². The van der Waals surface area contributed by atoms with Gasteiger partial charge in [0.15, 0.2) is 6.21 Å². The Hall–Kier alpha value is -1.56. The smallest absolute Gasteiger partial charge is 0.318 e. The summed E-state index contributed by atoms with van der Waals surface area (Å²) in [7, 11) is 7.64. The highest BCUT2D eigenvalue weighted by molar-refractivity contribution is 6.00. The molecule has 0 saturated carbocycles. The highest BCUT2D eigenvalue weighted by Gasteiger charge is 2.37. The van der Waals surface area contributed by atoms with Crippen LogP contribution in [-0.2, 0) is 14.3 Å². The molecule has 0 bridgehead atoms. The molecule has 0 heterocycles. The predicted molar refractivity (Wildman–Crippen MR) is 83.6 cm³/mol. The normalized spacial score (nSPS) is 14.0. The van der Waals surface area contributed by atoms with E-state index < -0.39 is 22.1 Å². The molecule has 0 fully saturated rings. The zero-order chi connectivity index (χ0) is 21.2. The van der Waals surface area contributed by atoms with Gasteiger partial charge >= 0.3 is 5.97 Å². The van der Waals surface area contributed by atoms with Gasteiger partial charge in [0.1, 0.15) is 25.8 Å². The van der Waals surface area contributed by atoms with Crippen molar-refractivity contribution in [1.29, 1.82) is 0 Å². The fourth-order valence-corrected chi connectivity index (χ4v) is 2.22. The van der Waals surface area contributed by atoms with Gasteiger partial charge < -0.3 is 14.5 Å². The van der Waals surface area contributed by atoms with E-state index in [0.717, 1.165) is 5.57 Å². The Bertz CT molecular complexity index is 518. The van der Waals surface area contributed by atoms with Crippen LogP contribution < -0.4 is 18.6 Å². The number of ketones is 1. The molecule has 0 aliphatic heterocycles. The summed E-state index contributed by atoms with van der Waals surface area (Å²) in [6.07, 6.45) is 3.81. The third kappa shape index (κ3) is 12.8. The lowest BCUT2D eigenvalue weighted by molar-refractivity contribution is -2.00. The number of esters is 1. The number of rotatable bonds is 7. The van der Waals surface area contributed by atoms with Gasteiger partial charge in [-0.15, -0.1) is 10.2 Å². The lowest BCUT2D eigenvalue weighted by Gasteiger charge is -2.30. The van der Waals surface area contributed by atoms with E-state index in [0.29, 0.717) is 0 Å². The summed E-state index contributed by atoms with van der Waals surface area (Å²) in [5.74, 6) is -1.58. The van der Waals surface area contributed by atoms with E-state index in [9.17, 15) is 9.59 Å². The number of hydrogen-bond donors (Lipinski definition) is 0. The van der Waals surface area contributed by atoms with Crippen LogP contribution >= 0.6 is 0 Å². The summed E-state index contributed by atoms with van der Waals surface area (Å²) >= 11 is 0. The van der Waals surface area contributed by atoms with Gasteiger partial charge in [-0.25, -0.2) is 23.2 Å². The van der Waals surface area contributed by atoms with Crippen molar-refractivity contribution >= 4 is 18.0 Å². The maximum atomic E-state index is 12.0. The first-order valence-electron chi connectivity index (χ1n) is 7.37. The van der Waals surface area contributed by atoms with Crippen LogP contribution in [0.5, 0.6) is 0 Å². The van der Waals surface area contributed by atoms with Crippen molar-refractivity contribution in [3.63, 3.8) is 0 Å². The van der Waals surface area contributed by atoms with E-state index in [4.69, 9.17) is 23.4 Å². The fraction of sp³-hybridized carbons (Fsp3) is 0.667. The van der Waals surface area contributed by atoms with Crippen molar-refractivity contribution < 1.29 is 47.8 Å². The van der Waals surface area contributed by atoms with Crippen LogP contribution in [0.4, 0.5) is 0 Å². The molecule has 0 rings (SSSR count). The Labute approximate surface area is 156 Å². The molecule has 0 aromatic carbocycles. The number of likely N-dealkylation sites (N-methyl/N-ethyl adjacent to an activating group) is 1. The van der Waals surface area contributed by atoms with Crippen molar-refractivity contribution in [3.8, 4) is 0 Å². The van der Waals surface area contributed by atoms with Crippen LogP contribution in [0, 0.1) is 16.2 Å². The SMILES string of the molecule is COC(=O)C(C(C)=O)C(/C(C=[N+](C)C)=C/N(C)C)N(C)C.[O-][Cl+3]([O-])([O-])[O-]. The van der Waals surface area contributed by atoms with E-state index >= 15 is 0 Å². The molecule has 0 N–H and O–H groups in total. The number of carbonyl (C=O) groups is 2. The number of halogens is 1. The zero-order valence-corrected chi connectivity index (χ0v) is 17.1. The number of nitrogens with zero attached hydrogens (tertiary/aromatic N) is 3. The number of methoxy groups -OCH3 is 1. The Balaban J connectivity index is 0. The minimum absolute atomic E-state index is 0.211. The molecule has 0 aliphatic rings. The molecule has 11 heteroatoms. The largest absolute Gasteiger partial charge is 0.468 e. The van der Waals surface area contributed by atoms with Crippen LogP contribution in [0.1, 0.15) is 6.92 Å². The number of ether oxygens (including phenoxy) is 1. The molecule has 0 saturated heterocycles. The minimum atomic E-state index is -4.94. The van der Waals surface area contributed by atoms with Crippen molar-refractivity contribution in [2.45, 2.75) is 13.0 Å². The van der Waals surface area contributed by atoms with E-state index in [1.165, 1.54) is 14.0 Å². The summed E-state index contributed by atoms with van der Waals surface area (Å²) in [4.78, 5) is 27.8. The molecular weight excluding hydrogens is 370 g/mol. The van der Waals surface area contributed by atoms with Crippen molar-refractivity contribution in [2.75, 3.05) is 49.4 Å². The average molecular weight is 398 g/mol. The molecule has 26 heavy (non-hydrogen) atoms. The van der Waals surface area contributed by atoms with Crippen molar-refractivity contribution in [3.05, 3.63) is 11.8 Å². The van der Waals surface area contributed by atoms with Gasteiger partial charge in [0.2, 0.25) is 0 Å². The lowest BCUT2D eigenvalue weighted by atomic mass is 9.89. The van der Waals surface area contributed by atoms with E-state index in [2.05, 4.69) is 0 Å². The molecular formula is C15H28ClN3O7. The molecule has 0 amide bonds. The Morgan fingerprint density at radius 1 is 1.08 bits per heavy atom. The first-order chi connectivity index (χ1) is 11.6. The summed E-state index contributed by atoms with van der Waals surface area (Å²) in [5.41, 5.74) is 0.862. The van der Waals surface area contributed by atoms with Crippen LogP contribution in [0.25, 0.3) is 0 Å². The van der Waals surface area contributed by atoms with E-state index in [1.807, 2.05) is 69.1 Å². The summed E-state index contributed by atoms with van der Waals surface area (Å²) in [5, 5.41) is 0. The Morgan fingerprint density at radius 3 is 1.73 bits per heavy atom. The molecule has 2 unspecified atom stereocenters. The molecule has 0 spiro atoms. The number of Topliss-reactive ketones (excluding diaryl/α,β-unsaturated/α-hetero) is 1. The molecule has 0 aromatic rings. The minimum Gasteiger partial charge on any atom is -0.468 e. The summed E-state index contributed by atoms with van der Waals surface area (Å²) in [6, 6.07) is -0.389. The molecule has 0 aromatic heterocycles. The number of hydrogen-bond acceptors (Lipinski definition) is 9. The zero-order valence-electron chi connectivity index (χ0n) is 16.4. The van der Waals surface area contributed by atoms with Gasteiger partial charge in [-0.3, -0.25) is 9.59 Å². The highest BCUT2D eigenvalue weighted by Crippen LogP contribution is 2.20. The maximum absolute atomic E-state index is 12.0. The molecule has 0 aliphatic carbocycles. The first-order valence-corrected chi connectivity index (χ1v) is 8.61. The van der Waals surface area contributed by atoms with Crippen LogP contribution in [0.2, 0.25) is 0 Å². The van der Waals surface area contributed by atoms with Crippen LogP contribution in [0.15, 0.2) is 11.8 Å².